The lowest BCUT2D eigenvalue weighted by molar-refractivity contribution is 0.0828. The van der Waals surface area contributed by atoms with Crippen molar-refractivity contribution in [1.29, 1.82) is 0 Å². The van der Waals surface area contributed by atoms with Crippen LogP contribution in [0.25, 0.3) is 0 Å². The summed E-state index contributed by atoms with van der Waals surface area (Å²) < 4.78 is 20.0. The van der Waals surface area contributed by atoms with E-state index in [1.807, 2.05) is 13.0 Å². The fraction of sp³-hybridized carbons (Fsp3) is 0.571. The number of ether oxygens (including phenoxy) is 1. The summed E-state index contributed by atoms with van der Waals surface area (Å²) in [7, 11) is 1.68. The summed E-state index contributed by atoms with van der Waals surface area (Å²) in [6.45, 7) is 5.03. The van der Waals surface area contributed by atoms with Crippen LogP contribution in [0.3, 0.4) is 0 Å². The SMILES string of the molecule is CCCNC(Cc1cc(Br)ccc1F)C(C)OC. The van der Waals surface area contributed by atoms with Crippen molar-refractivity contribution in [3.8, 4) is 0 Å². The van der Waals surface area contributed by atoms with Gasteiger partial charge >= 0.3 is 0 Å². The van der Waals surface area contributed by atoms with Crippen LogP contribution in [0, 0.1) is 5.82 Å². The molecule has 0 heterocycles. The molecule has 0 radical (unpaired) electrons. The Kier molecular flexibility index (Phi) is 6.82. The first-order valence-electron chi connectivity index (χ1n) is 6.28. The summed E-state index contributed by atoms with van der Waals surface area (Å²) in [6, 6.07) is 5.16. The van der Waals surface area contributed by atoms with Gasteiger partial charge in [0.25, 0.3) is 0 Å². The monoisotopic (exact) mass is 317 g/mol. The number of methoxy groups -OCH3 is 1. The Hall–Kier alpha value is -0.450. The Bertz CT molecular complexity index is 373. The Labute approximate surface area is 117 Å². The van der Waals surface area contributed by atoms with E-state index in [0.717, 1.165) is 17.4 Å². The lowest BCUT2D eigenvalue weighted by Gasteiger charge is -2.24. The second kappa shape index (κ2) is 7.87. The summed E-state index contributed by atoms with van der Waals surface area (Å²) in [4.78, 5) is 0. The van der Waals surface area contributed by atoms with E-state index in [1.54, 1.807) is 13.2 Å². The highest BCUT2D eigenvalue weighted by molar-refractivity contribution is 9.10. The van der Waals surface area contributed by atoms with E-state index in [9.17, 15) is 4.39 Å². The molecule has 0 spiro atoms. The highest BCUT2D eigenvalue weighted by Gasteiger charge is 2.18. The average molecular weight is 318 g/mol. The Morgan fingerprint density at radius 2 is 2.17 bits per heavy atom. The molecular weight excluding hydrogens is 297 g/mol. The molecule has 0 aliphatic carbocycles. The van der Waals surface area contributed by atoms with Crippen LogP contribution in [0.4, 0.5) is 4.39 Å². The van der Waals surface area contributed by atoms with Gasteiger partial charge in [-0.05, 0) is 50.1 Å². The van der Waals surface area contributed by atoms with Gasteiger partial charge in [0.1, 0.15) is 5.82 Å². The van der Waals surface area contributed by atoms with Crippen LogP contribution in [0.1, 0.15) is 25.8 Å². The molecule has 102 valence electrons. The van der Waals surface area contributed by atoms with E-state index in [2.05, 4.69) is 28.2 Å². The summed E-state index contributed by atoms with van der Waals surface area (Å²) in [5.41, 5.74) is 0.710. The smallest absolute Gasteiger partial charge is 0.126 e. The summed E-state index contributed by atoms with van der Waals surface area (Å²) in [5.74, 6) is -0.162. The summed E-state index contributed by atoms with van der Waals surface area (Å²) >= 11 is 3.37. The van der Waals surface area contributed by atoms with Gasteiger partial charge in [-0.25, -0.2) is 4.39 Å². The number of hydrogen-bond acceptors (Lipinski definition) is 2. The molecular formula is C14H21BrFNO. The first kappa shape index (κ1) is 15.6. The van der Waals surface area contributed by atoms with Crippen LogP contribution in [0.2, 0.25) is 0 Å². The zero-order valence-corrected chi connectivity index (χ0v) is 12.8. The summed E-state index contributed by atoms with van der Waals surface area (Å²) in [5, 5.41) is 3.41. The van der Waals surface area contributed by atoms with Gasteiger partial charge in [-0.2, -0.15) is 0 Å². The van der Waals surface area contributed by atoms with Crippen molar-refractivity contribution in [2.24, 2.45) is 0 Å². The van der Waals surface area contributed by atoms with Crippen molar-refractivity contribution in [3.05, 3.63) is 34.1 Å². The normalized spacial score (nSPS) is 14.5. The molecule has 1 aromatic carbocycles. The van der Waals surface area contributed by atoms with Crippen LogP contribution < -0.4 is 5.32 Å². The predicted octanol–water partition coefficient (Wildman–Crippen LogP) is 3.53. The molecule has 0 aliphatic rings. The highest BCUT2D eigenvalue weighted by Crippen LogP contribution is 2.18. The van der Waals surface area contributed by atoms with E-state index in [-0.39, 0.29) is 18.0 Å². The molecule has 1 N–H and O–H groups in total. The lowest BCUT2D eigenvalue weighted by Crippen LogP contribution is -2.41. The van der Waals surface area contributed by atoms with Gasteiger partial charge in [0.2, 0.25) is 0 Å². The second-order valence-electron chi connectivity index (χ2n) is 4.44. The van der Waals surface area contributed by atoms with Gasteiger partial charge in [0, 0.05) is 17.6 Å². The minimum atomic E-state index is -0.162. The predicted molar refractivity (Wildman–Crippen MR) is 76.4 cm³/mol. The van der Waals surface area contributed by atoms with Crippen LogP contribution in [-0.2, 0) is 11.2 Å². The van der Waals surface area contributed by atoms with E-state index >= 15 is 0 Å². The molecule has 1 rings (SSSR count). The van der Waals surface area contributed by atoms with Gasteiger partial charge in [-0.3, -0.25) is 0 Å². The Morgan fingerprint density at radius 3 is 2.78 bits per heavy atom. The third-order valence-electron chi connectivity index (χ3n) is 3.04. The standard InChI is InChI=1S/C14H21BrFNO/c1-4-7-17-14(10(2)18-3)9-11-8-12(15)5-6-13(11)16/h5-6,8,10,14,17H,4,7,9H2,1-3H3. The zero-order valence-electron chi connectivity index (χ0n) is 11.2. The Balaban J connectivity index is 2.77. The van der Waals surface area contributed by atoms with E-state index < -0.39 is 0 Å². The number of rotatable bonds is 7. The summed E-state index contributed by atoms with van der Waals surface area (Å²) in [6.07, 6.45) is 1.73. The fourth-order valence-corrected chi connectivity index (χ4v) is 2.24. The molecule has 2 nitrogen and oxygen atoms in total. The van der Waals surface area contributed by atoms with E-state index in [1.165, 1.54) is 6.07 Å². The number of benzene rings is 1. The molecule has 2 unspecified atom stereocenters. The van der Waals surface area contributed by atoms with Crippen molar-refractivity contribution in [2.45, 2.75) is 38.8 Å². The molecule has 4 heteroatoms. The molecule has 18 heavy (non-hydrogen) atoms. The topological polar surface area (TPSA) is 21.3 Å². The van der Waals surface area contributed by atoms with Crippen LogP contribution >= 0.6 is 15.9 Å². The van der Waals surface area contributed by atoms with Crippen molar-refractivity contribution in [2.75, 3.05) is 13.7 Å². The largest absolute Gasteiger partial charge is 0.380 e. The quantitative estimate of drug-likeness (QED) is 0.830. The number of hydrogen-bond donors (Lipinski definition) is 1. The first-order chi connectivity index (χ1) is 8.58. The maximum Gasteiger partial charge on any atom is 0.126 e. The molecule has 1 aromatic rings. The van der Waals surface area contributed by atoms with Gasteiger partial charge in [-0.15, -0.1) is 0 Å². The minimum absolute atomic E-state index is 0.0509. The van der Waals surface area contributed by atoms with E-state index in [0.29, 0.717) is 12.0 Å². The molecule has 0 saturated heterocycles. The van der Waals surface area contributed by atoms with Gasteiger partial charge in [-0.1, -0.05) is 22.9 Å². The van der Waals surface area contributed by atoms with Gasteiger partial charge in [0.15, 0.2) is 0 Å². The maximum absolute atomic E-state index is 13.7. The van der Waals surface area contributed by atoms with Crippen LogP contribution in [-0.4, -0.2) is 25.8 Å². The van der Waals surface area contributed by atoms with Gasteiger partial charge in [0.05, 0.1) is 6.10 Å². The molecule has 0 saturated carbocycles. The molecule has 0 fully saturated rings. The average Bonchev–Trinajstić information content (AvgIpc) is 2.37. The Morgan fingerprint density at radius 1 is 1.44 bits per heavy atom. The lowest BCUT2D eigenvalue weighted by atomic mass is 10.0. The number of halogens is 2. The first-order valence-corrected chi connectivity index (χ1v) is 7.07. The maximum atomic E-state index is 13.7. The molecule has 0 amide bonds. The molecule has 2 atom stereocenters. The third-order valence-corrected chi connectivity index (χ3v) is 3.54. The number of nitrogens with one attached hydrogen (secondary N) is 1. The van der Waals surface area contributed by atoms with Gasteiger partial charge < -0.3 is 10.1 Å². The van der Waals surface area contributed by atoms with Crippen molar-refractivity contribution in [1.82, 2.24) is 5.32 Å². The zero-order chi connectivity index (χ0) is 13.5. The van der Waals surface area contributed by atoms with E-state index in [4.69, 9.17) is 4.74 Å². The van der Waals surface area contributed by atoms with Crippen molar-refractivity contribution >= 4 is 15.9 Å². The second-order valence-corrected chi connectivity index (χ2v) is 5.36. The van der Waals surface area contributed by atoms with Crippen molar-refractivity contribution < 1.29 is 9.13 Å². The van der Waals surface area contributed by atoms with Crippen LogP contribution in [0.15, 0.2) is 22.7 Å². The third kappa shape index (κ3) is 4.67. The molecule has 0 bridgehead atoms. The van der Waals surface area contributed by atoms with Crippen molar-refractivity contribution in [3.63, 3.8) is 0 Å². The molecule has 0 aliphatic heterocycles. The van der Waals surface area contributed by atoms with Crippen LogP contribution in [0.5, 0.6) is 0 Å². The minimum Gasteiger partial charge on any atom is -0.380 e. The fourth-order valence-electron chi connectivity index (χ4n) is 1.83. The highest BCUT2D eigenvalue weighted by atomic mass is 79.9. The molecule has 0 aromatic heterocycles.